The molecular formula is C16H20N2O5. The highest BCUT2D eigenvalue weighted by Gasteiger charge is 2.29. The van der Waals surface area contributed by atoms with E-state index in [-0.39, 0.29) is 23.0 Å². The number of carbonyl (C=O) groups is 3. The summed E-state index contributed by atoms with van der Waals surface area (Å²) in [6, 6.07) is 4.45. The number of anilines is 1. The second kappa shape index (κ2) is 6.68. The van der Waals surface area contributed by atoms with Crippen molar-refractivity contribution in [3.8, 4) is 0 Å². The summed E-state index contributed by atoms with van der Waals surface area (Å²) in [6.45, 7) is 1.04. The van der Waals surface area contributed by atoms with Crippen LogP contribution in [-0.4, -0.2) is 60.1 Å². The first-order chi connectivity index (χ1) is 10.8. The Morgan fingerprint density at radius 2 is 1.70 bits per heavy atom. The van der Waals surface area contributed by atoms with E-state index >= 15 is 0 Å². The minimum Gasteiger partial charge on any atom is -0.478 e. The van der Waals surface area contributed by atoms with Crippen molar-refractivity contribution >= 4 is 23.5 Å². The second-order valence-corrected chi connectivity index (χ2v) is 5.80. The van der Waals surface area contributed by atoms with E-state index in [2.05, 4.69) is 0 Å². The highest BCUT2D eigenvalue weighted by molar-refractivity contribution is 6.06. The molecule has 1 aliphatic rings. The van der Waals surface area contributed by atoms with Crippen molar-refractivity contribution < 1.29 is 24.6 Å². The standard InChI is InChI=1S/C16H20N2O5/c1-17(2)14(19)10-6-8-18(9-7-10)12-5-3-4-11(15(20)21)13(12)16(22)23/h3-5,10H,6-9H2,1-2H3,(H,20,21)(H,22,23). The van der Waals surface area contributed by atoms with Gasteiger partial charge in [0, 0.05) is 33.1 Å². The van der Waals surface area contributed by atoms with Crippen molar-refractivity contribution in [1.29, 1.82) is 0 Å². The van der Waals surface area contributed by atoms with Gasteiger partial charge in [0.15, 0.2) is 0 Å². The Balaban J connectivity index is 2.24. The fraction of sp³-hybridized carbons (Fsp3) is 0.438. The van der Waals surface area contributed by atoms with Gasteiger partial charge < -0.3 is 20.0 Å². The van der Waals surface area contributed by atoms with E-state index in [0.717, 1.165) is 0 Å². The van der Waals surface area contributed by atoms with Gasteiger partial charge in [-0.25, -0.2) is 9.59 Å². The van der Waals surface area contributed by atoms with Gasteiger partial charge in [0.05, 0.1) is 16.8 Å². The molecule has 0 unspecified atom stereocenters. The summed E-state index contributed by atoms with van der Waals surface area (Å²) >= 11 is 0. The average Bonchev–Trinajstić information content (AvgIpc) is 2.53. The number of hydrogen-bond donors (Lipinski definition) is 2. The lowest BCUT2D eigenvalue weighted by Crippen LogP contribution is -2.40. The number of carboxylic acid groups (broad SMARTS) is 2. The maximum Gasteiger partial charge on any atom is 0.338 e. The smallest absolute Gasteiger partial charge is 0.338 e. The minimum atomic E-state index is -1.26. The molecule has 0 bridgehead atoms. The number of piperidine rings is 1. The van der Waals surface area contributed by atoms with Crippen molar-refractivity contribution in [3.05, 3.63) is 29.3 Å². The van der Waals surface area contributed by atoms with Gasteiger partial charge in [0.25, 0.3) is 0 Å². The third kappa shape index (κ3) is 3.44. The zero-order valence-electron chi connectivity index (χ0n) is 13.2. The minimum absolute atomic E-state index is 0.0717. The molecule has 1 saturated heterocycles. The summed E-state index contributed by atoms with van der Waals surface area (Å²) < 4.78 is 0. The molecule has 1 fully saturated rings. The van der Waals surface area contributed by atoms with Gasteiger partial charge in [-0.15, -0.1) is 0 Å². The van der Waals surface area contributed by atoms with Crippen molar-refractivity contribution in [3.63, 3.8) is 0 Å². The Morgan fingerprint density at radius 3 is 2.17 bits per heavy atom. The zero-order valence-corrected chi connectivity index (χ0v) is 13.2. The highest BCUT2D eigenvalue weighted by atomic mass is 16.4. The Hall–Kier alpha value is -2.57. The van der Waals surface area contributed by atoms with Gasteiger partial charge in [-0.1, -0.05) is 6.07 Å². The molecule has 1 aliphatic heterocycles. The van der Waals surface area contributed by atoms with Crippen molar-refractivity contribution in [1.82, 2.24) is 4.90 Å². The van der Waals surface area contributed by atoms with Crippen LogP contribution < -0.4 is 4.90 Å². The molecule has 0 aromatic heterocycles. The first kappa shape index (κ1) is 16.8. The molecule has 0 atom stereocenters. The lowest BCUT2D eigenvalue weighted by molar-refractivity contribution is -0.133. The summed E-state index contributed by atoms with van der Waals surface area (Å²) in [6.07, 6.45) is 1.24. The number of benzene rings is 1. The number of rotatable bonds is 4. The predicted molar refractivity (Wildman–Crippen MR) is 84.0 cm³/mol. The van der Waals surface area contributed by atoms with Gasteiger partial charge in [-0.05, 0) is 25.0 Å². The van der Waals surface area contributed by atoms with Crippen LogP contribution in [0.25, 0.3) is 0 Å². The van der Waals surface area contributed by atoms with E-state index in [1.54, 1.807) is 31.1 Å². The molecule has 1 aromatic carbocycles. The first-order valence-corrected chi connectivity index (χ1v) is 7.38. The molecule has 1 amide bonds. The normalized spacial score (nSPS) is 15.3. The van der Waals surface area contributed by atoms with E-state index in [1.165, 1.54) is 6.07 Å². The van der Waals surface area contributed by atoms with E-state index < -0.39 is 11.9 Å². The molecule has 0 saturated carbocycles. The molecular weight excluding hydrogens is 300 g/mol. The van der Waals surface area contributed by atoms with Crippen molar-refractivity contribution in [2.24, 2.45) is 5.92 Å². The van der Waals surface area contributed by atoms with Gasteiger partial charge >= 0.3 is 11.9 Å². The number of hydrogen-bond acceptors (Lipinski definition) is 4. The first-order valence-electron chi connectivity index (χ1n) is 7.38. The van der Waals surface area contributed by atoms with Crippen LogP contribution in [-0.2, 0) is 4.79 Å². The maximum absolute atomic E-state index is 12.0. The van der Waals surface area contributed by atoms with Gasteiger partial charge in [-0.2, -0.15) is 0 Å². The van der Waals surface area contributed by atoms with Gasteiger partial charge in [-0.3, -0.25) is 4.79 Å². The second-order valence-electron chi connectivity index (χ2n) is 5.80. The maximum atomic E-state index is 12.0. The lowest BCUT2D eigenvalue weighted by Gasteiger charge is -2.34. The van der Waals surface area contributed by atoms with E-state index in [9.17, 15) is 24.6 Å². The van der Waals surface area contributed by atoms with E-state index in [1.807, 2.05) is 4.90 Å². The lowest BCUT2D eigenvalue weighted by atomic mass is 9.94. The molecule has 0 spiro atoms. The average molecular weight is 320 g/mol. The zero-order chi connectivity index (χ0) is 17.1. The monoisotopic (exact) mass is 320 g/mol. The highest BCUT2D eigenvalue weighted by Crippen LogP contribution is 2.29. The Bertz CT molecular complexity index is 633. The SMILES string of the molecule is CN(C)C(=O)C1CCN(c2cccc(C(=O)O)c2C(=O)O)CC1. The molecule has 7 nitrogen and oxygen atoms in total. The summed E-state index contributed by atoms with van der Waals surface area (Å²) in [5.41, 5.74) is -0.0213. The summed E-state index contributed by atoms with van der Waals surface area (Å²) in [5.74, 6) is -2.52. The van der Waals surface area contributed by atoms with Crippen LogP contribution in [0.3, 0.4) is 0 Å². The summed E-state index contributed by atoms with van der Waals surface area (Å²) in [4.78, 5) is 38.1. The van der Waals surface area contributed by atoms with Crippen LogP contribution in [0.15, 0.2) is 18.2 Å². The molecule has 1 heterocycles. The Kier molecular flexibility index (Phi) is 4.88. The quantitative estimate of drug-likeness (QED) is 0.870. The van der Waals surface area contributed by atoms with Crippen LogP contribution >= 0.6 is 0 Å². The van der Waals surface area contributed by atoms with Gasteiger partial charge in [0.1, 0.15) is 0 Å². The Labute approximate surface area is 134 Å². The molecule has 2 rings (SSSR count). The number of amides is 1. The molecule has 0 radical (unpaired) electrons. The Morgan fingerprint density at radius 1 is 1.09 bits per heavy atom. The van der Waals surface area contributed by atoms with E-state index in [4.69, 9.17) is 0 Å². The molecule has 124 valence electrons. The van der Waals surface area contributed by atoms with Crippen LogP contribution in [0, 0.1) is 5.92 Å². The molecule has 23 heavy (non-hydrogen) atoms. The van der Waals surface area contributed by atoms with Crippen LogP contribution in [0.2, 0.25) is 0 Å². The van der Waals surface area contributed by atoms with Crippen LogP contribution in [0.4, 0.5) is 5.69 Å². The molecule has 1 aromatic rings. The number of carbonyl (C=O) groups excluding carboxylic acids is 1. The fourth-order valence-corrected chi connectivity index (χ4v) is 2.94. The van der Waals surface area contributed by atoms with Crippen LogP contribution in [0.5, 0.6) is 0 Å². The molecule has 0 aliphatic carbocycles. The van der Waals surface area contributed by atoms with Gasteiger partial charge in [0.2, 0.25) is 5.91 Å². The third-order valence-corrected chi connectivity index (χ3v) is 4.11. The summed E-state index contributed by atoms with van der Waals surface area (Å²) in [7, 11) is 3.43. The van der Waals surface area contributed by atoms with Crippen molar-refractivity contribution in [2.45, 2.75) is 12.8 Å². The molecule has 7 heteroatoms. The van der Waals surface area contributed by atoms with E-state index in [0.29, 0.717) is 31.6 Å². The number of nitrogens with zero attached hydrogens (tertiary/aromatic N) is 2. The van der Waals surface area contributed by atoms with Crippen molar-refractivity contribution in [2.75, 3.05) is 32.1 Å². The molecule has 2 N–H and O–H groups in total. The fourth-order valence-electron chi connectivity index (χ4n) is 2.94. The number of aromatic carboxylic acids is 2. The number of carboxylic acids is 2. The predicted octanol–water partition coefficient (Wildman–Crippen LogP) is 1.39. The topological polar surface area (TPSA) is 98.2 Å². The summed E-state index contributed by atoms with van der Waals surface area (Å²) in [5, 5.41) is 18.6. The third-order valence-electron chi connectivity index (χ3n) is 4.11. The van der Waals surface area contributed by atoms with Crippen LogP contribution in [0.1, 0.15) is 33.6 Å². The largest absolute Gasteiger partial charge is 0.478 e.